The van der Waals surface area contributed by atoms with Gasteiger partial charge in [0.15, 0.2) is 11.5 Å². The van der Waals surface area contributed by atoms with Crippen molar-refractivity contribution in [3.63, 3.8) is 0 Å². The van der Waals surface area contributed by atoms with Gasteiger partial charge >= 0.3 is 0 Å². The van der Waals surface area contributed by atoms with Gasteiger partial charge in [0.2, 0.25) is 0 Å². The van der Waals surface area contributed by atoms with Crippen LogP contribution in [-0.2, 0) is 6.54 Å². The largest absolute Gasteiger partial charge is 0.504 e. The second-order valence-electron chi connectivity index (χ2n) is 3.34. The van der Waals surface area contributed by atoms with Crippen molar-refractivity contribution < 1.29 is 9.84 Å². The summed E-state index contributed by atoms with van der Waals surface area (Å²) in [7, 11) is 3.61. The molecule has 0 fully saturated rings. The average Bonchev–Trinajstić information content (AvgIpc) is 2.20. The molecule has 3 heteroatoms. The fourth-order valence-corrected chi connectivity index (χ4v) is 1.24. The number of aromatic hydroxyl groups is 1. The number of nitrogens with zero attached hydrogens (tertiary/aromatic N) is 1. The molecule has 0 amide bonds. The number of rotatable bonds is 4. The molecule has 0 aromatic heterocycles. The molecule has 0 spiro atoms. The van der Waals surface area contributed by atoms with Crippen LogP contribution in [0.4, 0.5) is 0 Å². The van der Waals surface area contributed by atoms with Gasteiger partial charge in [-0.15, -0.1) is 0 Å². The third-order valence-corrected chi connectivity index (χ3v) is 2.24. The number of hydrogen-bond acceptors (Lipinski definition) is 3. The van der Waals surface area contributed by atoms with E-state index in [-0.39, 0.29) is 5.75 Å². The predicted octanol–water partition coefficient (Wildman–Crippen LogP) is 1.85. The highest BCUT2D eigenvalue weighted by Gasteiger charge is 2.03. The third kappa shape index (κ3) is 2.64. The molecule has 0 atom stereocenters. The second kappa shape index (κ2) is 4.86. The Morgan fingerprint density at radius 1 is 1.43 bits per heavy atom. The lowest BCUT2D eigenvalue weighted by Crippen LogP contribution is -2.16. The normalized spacial score (nSPS) is 10.6. The van der Waals surface area contributed by atoms with E-state index in [1.54, 1.807) is 13.2 Å². The minimum Gasteiger partial charge on any atom is -0.504 e. The Morgan fingerprint density at radius 3 is 2.71 bits per heavy atom. The first-order chi connectivity index (χ1) is 6.67. The number of phenolic OH excluding ortho intramolecular Hbond substituents is 1. The van der Waals surface area contributed by atoms with Crippen molar-refractivity contribution in [2.75, 3.05) is 20.7 Å². The van der Waals surface area contributed by atoms with Gasteiger partial charge in [-0.05, 0) is 31.3 Å². The van der Waals surface area contributed by atoms with Gasteiger partial charge in [0.1, 0.15) is 0 Å². The van der Waals surface area contributed by atoms with E-state index < -0.39 is 0 Å². The van der Waals surface area contributed by atoms with Crippen LogP contribution in [0.1, 0.15) is 12.5 Å². The van der Waals surface area contributed by atoms with Crippen LogP contribution >= 0.6 is 0 Å². The highest BCUT2D eigenvalue weighted by molar-refractivity contribution is 5.41. The molecule has 78 valence electrons. The monoisotopic (exact) mass is 195 g/mol. The quantitative estimate of drug-likeness (QED) is 0.796. The van der Waals surface area contributed by atoms with Crippen molar-refractivity contribution in [2.24, 2.45) is 0 Å². The van der Waals surface area contributed by atoms with Gasteiger partial charge in [-0.25, -0.2) is 0 Å². The van der Waals surface area contributed by atoms with Crippen LogP contribution in [-0.4, -0.2) is 30.7 Å². The van der Waals surface area contributed by atoms with Gasteiger partial charge in [-0.3, -0.25) is 0 Å². The number of hydrogen-bond donors (Lipinski definition) is 1. The molecule has 0 aliphatic heterocycles. The van der Waals surface area contributed by atoms with Crippen LogP contribution in [0.15, 0.2) is 18.2 Å². The summed E-state index contributed by atoms with van der Waals surface area (Å²) in [5.74, 6) is 0.724. The van der Waals surface area contributed by atoms with Crippen LogP contribution in [0.3, 0.4) is 0 Å². The molecule has 0 aliphatic rings. The van der Waals surface area contributed by atoms with Crippen molar-refractivity contribution >= 4 is 0 Å². The van der Waals surface area contributed by atoms with E-state index in [9.17, 15) is 5.11 Å². The highest BCUT2D eigenvalue weighted by Crippen LogP contribution is 2.26. The Bertz CT molecular complexity index is 299. The van der Waals surface area contributed by atoms with E-state index in [1.807, 2.05) is 12.1 Å². The lowest BCUT2D eigenvalue weighted by Gasteiger charge is -2.14. The standard InChI is InChI=1S/C11H17NO2/c1-4-12(2)8-9-5-6-10(13)11(7-9)14-3/h5-7,13H,4,8H2,1-3H3. The zero-order chi connectivity index (χ0) is 10.6. The van der Waals surface area contributed by atoms with Gasteiger partial charge in [-0.2, -0.15) is 0 Å². The molecule has 1 rings (SSSR count). The molecule has 0 bridgehead atoms. The molecule has 14 heavy (non-hydrogen) atoms. The number of methoxy groups -OCH3 is 1. The molecule has 0 radical (unpaired) electrons. The van der Waals surface area contributed by atoms with Crippen LogP contribution in [0.5, 0.6) is 11.5 Å². The highest BCUT2D eigenvalue weighted by atomic mass is 16.5. The molecular weight excluding hydrogens is 178 g/mol. The van der Waals surface area contributed by atoms with Gasteiger partial charge in [0.05, 0.1) is 7.11 Å². The number of benzene rings is 1. The Balaban J connectivity index is 2.79. The molecule has 3 nitrogen and oxygen atoms in total. The SMILES string of the molecule is CCN(C)Cc1ccc(O)c(OC)c1. The lowest BCUT2D eigenvalue weighted by atomic mass is 10.2. The Morgan fingerprint density at radius 2 is 2.14 bits per heavy atom. The molecule has 0 heterocycles. The molecule has 0 saturated carbocycles. The van der Waals surface area contributed by atoms with Crippen LogP contribution in [0, 0.1) is 0 Å². The number of ether oxygens (including phenoxy) is 1. The minimum atomic E-state index is 0.190. The molecular formula is C11H17NO2. The zero-order valence-electron chi connectivity index (χ0n) is 8.95. The van der Waals surface area contributed by atoms with E-state index in [1.165, 1.54) is 0 Å². The van der Waals surface area contributed by atoms with Gasteiger partial charge in [0, 0.05) is 6.54 Å². The smallest absolute Gasteiger partial charge is 0.160 e. The summed E-state index contributed by atoms with van der Waals surface area (Å²) < 4.78 is 5.03. The van der Waals surface area contributed by atoms with Crippen LogP contribution < -0.4 is 4.74 Å². The third-order valence-electron chi connectivity index (χ3n) is 2.24. The summed E-state index contributed by atoms with van der Waals surface area (Å²) in [6, 6.07) is 5.43. The van der Waals surface area contributed by atoms with E-state index in [2.05, 4.69) is 18.9 Å². The molecule has 1 aromatic carbocycles. The molecule has 0 saturated heterocycles. The summed E-state index contributed by atoms with van der Waals surface area (Å²) in [5, 5.41) is 9.39. The predicted molar refractivity (Wildman–Crippen MR) is 56.7 cm³/mol. The maximum Gasteiger partial charge on any atom is 0.160 e. The summed E-state index contributed by atoms with van der Waals surface area (Å²) in [6.45, 7) is 3.98. The van der Waals surface area contributed by atoms with Crippen molar-refractivity contribution in [3.05, 3.63) is 23.8 Å². The Hall–Kier alpha value is -1.22. The summed E-state index contributed by atoms with van der Waals surface area (Å²) in [4.78, 5) is 2.19. The topological polar surface area (TPSA) is 32.7 Å². The van der Waals surface area contributed by atoms with E-state index in [0.717, 1.165) is 18.7 Å². The molecule has 1 N–H and O–H groups in total. The van der Waals surface area contributed by atoms with Gasteiger partial charge in [-0.1, -0.05) is 13.0 Å². The molecule has 0 aliphatic carbocycles. The number of phenols is 1. The summed E-state index contributed by atoms with van der Waals surface area (Å²) >= 11 is 0. The van der Waals surface area contributed by atoms with Crippen molar-refractivity contribution in [1.29, 1.82) is 0 Å². The maximum atomic E-state index is 9.39. The Kier molecular flexibility index (Phi) is 3.77. The fourth-order valence-electron chi connectivity index (χ4n) is 1.24. The van der Waals surface area contributed by atoms with Gasteiger partial charge in [0.25, 0.3) is 0 Å². The van der Waals surface area contributed by atoms with Crippen molar-refractivity contribution in [2.45, 2.75) is 13.5 Å². The first kappa shape index (κ1) is 10.9. The first-order valence-corrected chi connectivity index (χ1v) is 4.71. The lowest BCUT2D eigenvalue weighted by molar-refractivity contribution is 0.341. The van der Waals surface area contributed by atoms with E-state index in [0.29, 0.717) is 5.75 Å². The minimum absolute atomic E-state index is 0.190. The molecule has 0 unspecified atom stereocenters. The van der Waals surface area contributed by atoms with Gasteiger partial charge < -0.3 is 14.7 Å². The average molecular weight is 195 g/mol. The maximum absolute atomic E-state index is 9.39. The Labute approximate surface area is 84.9 Å². The first-order valence-electron chi connectivity index (χ1n) is 4.71. The van der Waals surface area contributed by atoms with Crippen LogP contribution in [0.2, 0.25) is 0 Å². The summed E-state index contributed by atoms with van der Waals surface area (Å²) in [6.07, 6.45) is 0. The summed E-state index contributed by atoms with van der Waals surface area (Å²) in [5.41, 5.74) is 1.14. The fraction of sp³-hybridized carbons (Fsp3) is 0.455. The zero-order valence-corrected chi connectivity index (χ0v) is 8.95. The second-order valence-corrected chi connectivity index (χ2v) is 3.34. The van der Waals surface area contributed by atoms with E-state index in [4.69, 9.17) is 4.74 Å². The molecule has 1 aromatic rings. The van der Waals surface area contributed by atoms with E-state index >= 15 is 0 Å². The van der Waals surface area contributed by atoms with Crippen LogP contribution in [0.25, 0.3) is 0 Å². The van der Waals surface area contributed by atoms with Crippen molar-refractivity contribution in [1.82, 2.24) is 4.90 Å². The van der Waals surface area contributed by atoms with Crippen molar-refractivity contribution in [3.8, 4) is 11.5 Å².